The lowest BCUT2D eigenvalue weighted by Crippen LogP contribution is -2.33. The van der Waals surface area contributed by atoms with Crippen LogP contribution in [0.4, 0.5) is 11.4 Å². The second kappa shape index (κ2) is 10.5. The first kappa shape index (κ1) is 23.5. The number of methoxy groups -OCH3 is 1. The molecule has 1 N–H and O–H groups in total. The molecular weight excluding hydrogens is 402 g/mol. The lowest BCUT2D eigenvalue weighted by molar-refractivity contribution is -0.136. The second-order valence-corrected chi connectivity index (χ2v) is 8.00. The smallest absolute Gasteiger partial charge is 0.278 e. The third-order valence-electron chi connectivity index (χ3n) is 5.96. The van der Waals surface area contributed by atoms with E-state index in [1.807, 2.05) is 56.3 Å². The highest BCUT2D eigenvalue weighted by molar-refractivity contribution is 6.36. The van der Waals surface area contributed by atoms with Gasteiger partial charge in [-0.2, -0.15) is 0 Å². The average molecular weight is 436 g/mol. The Morgan fingerprint density at radius 1 is 0.938 bits per heavy atom. The summed E-state index contributed by atoms with van der Waals surface area (Å²) in [6.07, 6.45) is 0.597. The van der Waals surface area contributed by atoms with Gasteiger partial charge in [-0.3, -0.25) is 14.5 Å². The standard InChI is InChI=1S/C26H33N3O3/c1-6-28(7-2)22-13-11-21(12-14-22)27-24-23(20-10-9-18(3)19(4)17-20)25(30)29(26(24)31)15-8-16-32-5/h9-14,17,27H,6-8,15-16H2,1-5H3. The van der Waals surface area contributed by atoms with Crippen molar-refractivity contribution in [1.82, 2.24) is 4.90 Å². The highest BCUT2D eigenvalue weighted by Gasteiger charge is 2.38. The minimum absolute atomic E-state index is 0.267. The molecule has 2 amide bonds. The zero-order valence-electron chi connectivity index (χ0n) is 19.7. The summed E-state index contributed by atoms with van der Waals surface area (Å²) in [7, 11) is 1.61. The van der Waals surface area contributed by atoms with Crippen molar-refractivity contribution in [3.05, 3.63) is 64.9 Å². The third kappa shape index (κ3) is 4.86. The first-order chi connectivity index (χ1) is 15.4. The fourth-order valence-electron chi connectivity index (χ4n) is 3.92. The van der Waals surface area contributed by atoms with Crippen LogP contribution in [0.2, 0.25) is 0 Å². The maximum atomic E-state index is 13.3. The summed E-state index contributed by atoms with van der Waals surface area (Å²) in [6, 6.07) is 13.8. The Kier molecular flexibility index (Phi) is 7.70. The molecular formula is C26H33N3O3. The second-order valence-electron chi connectivity index (χ2n) is 8.00. The van der Waals surface area contributed by atoms with E-state index < -0.39 is 0 Å². The third-order valence-corrected chi connectivity index (χ3v) is 5.96. The van der Waals surface area contributed by atoms with Crippen molar-refractivity contribution in [2.24, 2.45) is 0 Å². The van der Waals surface area contributed by atoms with Crippen molar-refractivity contribution < 1.29 is 14.3 Å². The molecule has 0 bridgehead atoms. The van der Waals surface area contributed by atoms with Gasteiger partial charge in [-0.15, -0.1) is 0 Å². The predicted octanol–water partition coefficient (Wildman–Crippen LogP) is 4.38. The summed E-state index contributed by atoms with van der Waals surface area (Å²) >= 11 is 0. The van der Waals surface area contributed by atoms with Crippen molar-refractivity contribution in [1.29, 1.82) is 0 Å². The Bertz CT molecular complexity index is 1010. The van der Waals surface area contributed by atoms with Crippen LogP contribution in [0.15, 0.2) is 48.2 Å². The van der Waals surface area contributed by atoms with Crippen molar-refractivity contribution in [2.75, 3.05) is 43.6 Å². The number of carbonyl (C=O) groups is 2. The monoisotopic (exact) mass is 435 g/mol. The van der Waals surface area contributed by atoms with Gasteiger partial charge in [-0.25, -0.2) is 0 Å². The molecule has 0 atom stereocenters. The van der Waals surface area contributed by atoms with Crippen LogP contribution in [0.1, 0.15) is 37.0 Å². The van der Waals surface area contributed by atoms with Gasteiger partial charge in [0.25, 0.3) is 11.8 Å². The van der Waals surface area contributed by atoms with Crippen LogP contribution in [0, 0.1) is 13.8 Å². The number of benzene rings is 2. The maximum absolute atomic E-state index is 13.3. The fourth-order valence-corrected chi connectivity index (χ4v) is 3.92. The predicted molar refractivity (Wildman–Crippen MR) is 130 cm³/mol. The SMILES string of the molecule is CCN(CC)c1ccc(NC2=C(c3ccc(C)c(C)c3)C(=O)N(CCCOC)C2=O)cc1. The average Bonchev–Trinajstić information content (AvgIpc) is 3.02. The number of hydrogen-bond donors (Lipinski definition) is 1. The van der Waals surface area contributed by atoms with E-state index in [0.717, 1.165) is 41.2 Å². The Morgan fingerprint density at radius 3 is 2.22 bits per heavy atom. The minimum atomic E-state index is -0.299. The highest BCUT2D eigenvalue weighted by Crippen LogP contribution is 2.32. The number of anilines is 2. The first-order valence-corrected chi connectivity index (χ1v) is 11.2. The van der Waals surface area contributed by atoms with E-state index in [9.17, 15) is 9.59 Å². The number of rotatable bonds is 10. The Hall–Kier alpha value is -3.12. The topological polar surface area (TPSA) is 61.9 Å². The normalized spacial score (nSPS) is 13.8. The molecule has 0 radical (unpaired) electrons. The zero-order chi connectivity index (χ0) is 23.3. The molecule has 170 valence electrons. The quantitative estimate of drug-likeness (QED) is 0.443. The highest BCUT2D eigenvalue weighted by atomic mass is 16.5. The van der Waals surface area contributed by atoms with Gasteiger partial charge >= 0.3 is 0 Å². The number of amides is 2. The number of imide groups is 1. The van der Waals surface area contributed by atoms with Crippen molar-refractivity contribution in [3.8, 4) is 0 Å². The van der Waals surface area contributed by atoms with Crippen LogP contribution < -0.4 is 10.2 Å². The van der Waals surface area contributed by atoms with Gasteiger partial charge in [0.05, 0.1) is 5.57 Å². The van der Waals surface area contributed by atoms with Crippen molar-refractivity contribution in [3.63, 3.8) is 0 Å². The molecule has 0 spiro atoms. The molecule has 0 saturated carbocycles. The number of ether oxygens (including phenoxy) is 1. The van der Waals surface area contributed by atoms with Gasteiger partial charge in [-0.05, 0) is 75.1 Å². The van der Waals surface area contributed by atoms with Gasteiger partial charge in [0, 0.05) is 44.7 Å². The maximum Gasteiger partial charge on any atom is 0.278 e. The van der Waals surface area contributed by atoms with Crippen LogP contribution in [-0.4, -0.2) is 50.1 Å². The molecule has 32 heavy (non-hydrogen) atoms. The van der Waals surface area contributed by atoms with Crippen molar-refractivity contribution >= 4 is 28.8 Å². The van der Waals surface area contributed by atoms with Gasteiger partial charge in [-0.1, -0.05) is 18.2 Å². The van der Waals surface area contributed by atoms with E-state index in [2.05, 4.69) is 24.1 Å². The number of carbonyl (C=O) groups excluding carboxylic acids is 2. The van der Waals surface area contributed by atoms with Crippen LogP contribution in [0.3, 0.4) is 0 Å². The summed E-state index contributed by atoms with van der Waals surface area (Å²) < 4.78 is 5.10. The van der Waals surface area contributed by atoms with Crippen LogP contribution in [0.5, 0.6) is 0 Å². The molecule has 0 aromatic heterocycles. The van der Waals surface area contributed by atoms with Gasteiger partial charge in [0.15, 0.2) is 0 Å². The summed E-state index contributed by atoms with van der Waals surface area (Å²) in [5, 5.41) is 3.24. The van der Waals surface area contributed by atoms with Crippen molar-refractivity contribution in [2.45, 2.75) is 34.1 Å². The molecule has 1 aliphatic heterocycles. The van der Waals surface area contributed by atoms with E-state index in [4.69, 9.17) is 4.74 Å². The summed E-state index contributed by atoms with van der Waals surface area (Å²) in [6.45, 7) is 11.0. The van der Waals surface area contributed by atoms with E-state index in [1.54, 1.807) is 7.11 Å². The van der Waals surface area contributed by atoms with E-state index in [0.29, 0.717) is 30.8 Å². The van der Waals surface area contributed by atoms with Crippen LogP contribution >= 0.6 is 0 Å². The fraction of sp³-hybridized carbons (Fsp3) is 0.385. The molecule has 0 saturated heterocycles. The van der Waals surface area contributed by atoms with Gasteiger partial charge < -0.3 is 15.0 Å². The molecule has 2 aromatic rings. The first-order valence-electron chi connectivity index (χ1n) is 11.2. The number of nitrogens with one attached hydrogen (secondary N) is 1. The zero-order valence-corrected chi connectivity index (χ0v) is 19.7. The summed E-state index contributed by atoms with van der Waals surface area (Å²) in [5.74, 6) is -0.566. The summed E-state index contributed by atoms with van der Waals surface area (Å²) in [4.78, 5) is 30.1. The van der Waals surface area contributed by atoms with E-state index in [-0.39, 0.29) is 11.8 Å². The van der Waals surface area contributed by atoms with Crippen LogP contribution in [0.25, 0.3) is 5.57 Å². The molecule has 1 heterocycles. The van der Waals surface area contributed by atoms with Gasteiger partial charge in [0.1, 0.15) is 5.70 Å². The molecule has 0 fully saturated rings. The molecule has 2 aromatic carbocycles. The van der Waals surface area contributed by atoms with Gasteiger partial charge in [0.2, 0.25) is 0 Å². The minimum Gasteiger partial charge on any atom is -0.385 e. The number of nitrogens with zero attached hydrogens (tertiary/aromatic N) is 2. The van der Waals surface area contributed by atoms with E-state index in [1.165, 1.54) is 4.90 Å². The lowest BCUT2D eigenvalue weighted by atomic mass is 9.99. The van der Waals surface area contributed by atoms with Crippen LogP contribution in [-0.2, 0) is 14.3 Å². The number of hydrogen-bond acceptors (Lipinski definition) is 5. The number of aryl methyl sites for hydroxylation is 2. The molecule has 6 heteroatoms. The molecule has 1 aliphatic rings. The Balaban J connectivity index is 1.96. The molecule has 0 unspecified atom stereocenters. The molecule has 6 nitrogen and oxygen atoms in total. The largest absolute Gasteiger partial charge is 0.385 e. The van der Waals surface area contributed by atoms with E-state index >= 15 is 0 Å². The molecule has 0 aliphatic carbocycles. The Labute approximate surface area is 190 Å². The lowest BCUT2D eigenvalue weighted by Gasteiger charge is -2.21. The molecule has 3 rings (SSSR count). The Morgan fingerprint density at radius 2 is 1.62 bits per heavy atom. The summed E-state index contributed by atoms with van der Waals surface area (Å²) in [5.41, 5.74) is 5.62.